The van der Waals surface area contributed by atoms with Gasteiger partial charge >= 0.3 is 0 Å². The number of hydrogen-bond acceptors (Lipinski definition) is 8. The number of nitrogens with zero attached hydrogens (tertiary/aromatic N) is 3. The van der Waals surface area contributed by atoms with Crippen molar-refractivity contribution in [3.63, 3.8) is 0 Å². The maximum absolute atomic E-state index is 12.7. The van der Waals surface area contributed by atoms with E-state index >= 15 is 0 Å². The standard InChI is InChI=1S/C18H22N4O3S2/c23-16(20-12-1-7-24-10-12)15-9-13-14(27-15)2-8-25-18(13)3-5-22(6-4-18)17-21-19-11-26-17/h9,11-12H,1-8,10H2,(H,20,23). The number of thiophene rings is 1. The van der Waals surface area contributed by atoms with Gasteiger partial charge in [0.15, 0.2) is 0 Å². The molecule has 0 aromatic carbocycles. The van der Waals surface area contributed by atoms with Crippen molar-refractivity contribution >= 4 is 33.7 Å². The van der Waals surface area contributed by atoms with Crippen LogP contribution in [0.5, 0.6) is 0 Å². The van der Waals surface area contributed by atoms with Crippen molar-refractivity contribution in [3.8, 4) is 0 Å². The molecule has 1 amide bonds. The Labute approximate surface area is 165 Å². The van der Waals surface area contributed by atoms with Crippen molar-refractivity contribution in [2.45, 2.75) is 37.3 Å². The number of hydrogen-bond donors (Lipinski definition) is 1. The van der Waals surface area contributed by atoms with E-state index in [0.717, 1.165) is 62.0 Å². The lowest BCUT2D eigenvalue weighted by atomic mass is 9.82. The zero-order valence-electron chi connectivity index (χ0n) is 15.0. The molecule has 3 aliphatic rings. The Balaban J connectivity index is 1.34. The SMILES string of the molecule is O=C(NC1CCOC1)c1cc2c(s1)CCOC21CCN(c2nncs2)CC1. The molecule has 27 heavy (non-hydrogen) atoms. The van der Waals surface area contributed by atoms with Crippen LogP contribution in [0.15, 0.2) is 11.6 Å². The third kappa shape index (κ3) is 3.26. The van der Waals surface area contributed by atoms with Gasteiger partial charge in [-0.25, -0.2) is 0 Å². The number of ether oxygens (including phenoxy) is 2. The fraction of sp³-hybridized carbons (Fsp3) is 0.611. The summed E-state index contributed by atoms with van der Waals surface area (Å²) in [6, 6.07) is 2.21. The van der Waals surface area contributed by atoms with Crippen LogP contribution in [0.1, 0.15) is 39.4 Å². The first-order valence-corrected chi connectivity index (χ1v) is 11.1. The Hall–Kier alpha value is -1.55. The molecule has 0 radical (unpaired) electrons. The number of fused-ring (bicyclic) bond motifs is 2. The Morgan fingerprint density at radius 1 is 1.33 bits per heavy atom. The molecule has 2 aromatic rings. The molecule has 9 heteroatoms. The van der Waals surface area contributed by atoms with E-state index in [-0.39, 0.29) is 17.6 Å². The lowest BCUT2D eigenvalue weighted by Gasteiger charge is -2.43. The third-order valence-electron chi connectivity index (χ3n) is 5.69. The van der Waals surface area contributed by atoms with Crippen LogP contribution in [0, 0.1) is 0 Å². The van der Waals surface area contributed by atoms with E-state index < -0.39 is 0 Å². The Kier molecular flexibility index (Phi) is 4.63. The molecule has 3 aliphatic heterocycles. The topological polar surface area (TPSA) is 76.6 Å². The average Bonchev–Trinajstić information content (AvgIpc) is 3.44. The summed E-state index contributed by atoms with van der Waals surface area (Å²) in [6.45, 7) is 3.86. The van der Waals surface area contributed by atoms with Crippen LogP contribution >= 0.6 is 22.7 Å². The molecule has 5 heterocycles. The molecule has 0 saturated carbocycles. The van der Waals surface area contributed by atoms with E-state index in [1.54, 1.807) is 28.2 Å². The minimum absolute atomic E-state index is 0.0198. The minimum atomic E-state index is -0.264. The lowest BCUT2D eigenvalue weighted by molar-refractivity contribution is -0.0756. The molecule has 7 nitrogen and oxygen atoms in total. The predicted octanol–water partition coefficient (Wildman–Crippen LogP) is 2.19. The maximum Gasteiger partial charge on any atom is 0.261 e. The lowest BCUT2D eigenvalue weighted by Crippen LogP contribution is -2.46. The number of anilines is 1. The average molecular weight is 407 g/mol. The molecule has 0 bridgehead atoms. The highest BCUT2D eigenvalue weighted by molar-refractivity contribution is 7.14. The number of carbonyl (C=O) groups excluding carboxylic acids is 1. The van der Waals surface area contributed by atoms with Crippen LogP contribution in [-0.4, -0.2) is 55.1 Å². The molecule has 1 N–H and O–H groups in total. The second-order valence-electron chi connectivity index (χ2n) is 7.28. The van der Waals surface area contributed by atoms with Crippen LogP contribution in [0.3, 0.4) is 0 Å². The second kappa shape index (κ2) is 7.12. The molecule has 1 atom stereocenters. The van der Waals surface area contributed by atoms with E-state index in [1.807, 2.05) is 0 Å². The van der Waals surface area contributed by atoms with Crippen molar-refractivity contribution in [2.75, 3.05) is 37.8 Å². The first-order chi connectivity index (χ1) is 13.2. The van der Waals surface area contributed by atoms with Gasteiger partial charge < -0.3 is 19.7 Å². The Morgan fingerprint density at radius 2 is 2.22 bits per heavy atom. The summed E-state index contributed by atoms with van der Waals surface area (Å²) in [7, 11) is 0. The quantitative estimate of drug-likeness (QED) is 0.842. The van der Waals surface area contributed by atoms with E-state index in [0.29, 0.717) is 6.61 Å². The highest BCUT2D eigenvalue weighted by atomic mass is 32.1. The third-order valence-corrected chi connectivity index (χ3v) is 7.63. The van der Waals surface area contributed by atoms with E-state index in [4.69, 9.17) is 9.47 Å². The molecule has 2 fully saturated rings. The van der Waals surface area contributed by atoms with Gasteiger partial charge in [-0.1, -0.05) is 11.3 Å². The summed E-state index contributed by atoms with van der Waals surface area (Å²) in [4.78, 5) is 17.1. The molecular weight excluding hydrogens is 384 g/mol. The molecule has 144 valence electrons. The second-order valence-corrected chi connectivity index (χ2v) is 9.23. The summed E-state index contributed by atoms with van der Waals surface area (Å²) < 4.78 is 11.7. The predicted molar refractivity (Wildman–Crippen MR) is 104 cm³/mol. The van der Waals surface area contributed by atoms with Gasteiger partial charge in [-0.15, -0.1) is 21.5 Å². The van der Waals surface area contributed by atoms with E-state index in [2.05, 4.69) is 26.5 Å². The van der Waals surface area contributed by atoms with Gasteiger partial charge in [-0.3, -0.25) is 4.79 Å². The first-order valence-electron chi connectivity index (χ1n) is 9.40. The van der Waals surface area contributed by atoms with Crippen LogP contribution in [-0.2, 0) is 21.5 Å². The molecule has 2 aromatic heterocycles. The molecule has 2 saturated heterocycles. The Morgan fingerprint density at radius 3 is 2.96 bits per heavy atom. The zero-order chi connectivity index (χ0) is 18.3. The van der Waals surface area contributed by atoms with Crippen molar-refractivity contribution in [3.05, 3.63) is 26.9 Å². The monoisotopic (exact) mass is 406 g/mol. The number of carbonyl (C=O) groups is 1. The fourth-order valence-electron chi connectivity index (χ4n) is 4.21. The van der Waals surface area contributed by atoms with E-state index in [1.165, 1.54) is 10.4 Å². The van der Waals surface area contributed by atoms with Crippen LogP contribution < -0.4 is 10.2 Å². The van der Waals surface area contributed by atoms with Crippen molar-refractivity contribution in [1.82, 2.24) is 15.5 Å². The van der Waals surface area contributed by atoms with Gasteiger partial charge in [0.25, 0.3) is 5.91 Å². The van der Waals surface area contributed by atoms with Gasteiger partial charge in [0.05, 0.1) is 29.7 Å². The number of nitrogens with one attached hydrogen (secondary N) is 1. The number of aromatic nitrogens is 2. The summed E-state index contributed by atoms with van der Waals surface area (Å²) in [6.07, 6.45) is 3.61. The van der Waals surface area contributed by atoms with Crippen molar-refractivity contribution in [2.24, 2.45) is 0 Å². The van der Waals surface area contributed by atoms with Crippen LogP contribution in [0.25, 0.3) is 0 Å². The van der Waals surface area contributed by atoms with Crippen molar-refractivity contribution in [1.29, 1.82) is 0 Å². The molecule has 1 unspecified atom stereocenters. The summed E-state index contributed by atoms with van der Waals surface area (Å²) in [5.74, 6) is 0.0198. The minimum Gasteiger partial charge on any atom is -0.379 e. The zero-order valence-corrected chi connectivity index (χ0v) is 16.6. The van der Waals surface area contributed by atoms with Gasteiger partial charge in [0, 0.05) is 31.0 Å². The largest absolute Gasteiger partial charge is 0.379 e. The maximum atomic E-state index is 12.7. The summed E-state index contributed by atoms with van der Waals surface area (Å²) in [5, 5.41) is 12.2. The first kappa shape index (κ1) is 17.5. The van der Waals surface area contributed by atoms with Gasteiger partial charge in [-0.2, -0.15) is 0 Å². The number of rotatable bonds is 3. The highest BCUT2D eigenvalue weighted by Crippen LogP contribution is 2.45. The summed E-state index contributed by atoms with van der Waals surface area (Å²) in [5.41, 5.74) is 2.73. The van der Waals surface area contributed by atoms with E-state index in [9.17, 15) is 4.79 Å². The number of piperidine rings is 1. The van der Waals surface area contributed by atoms with Gasteiger partial charge in [0.2, 0.25) is 5.13 Å². The molecule has 1 spiro atoms. The molecular formula is C18H22N4O3S2. The van der Waals surface area contributed by atoms with Gasteiger partial charge in [-0.05, 0) is 30.9 Å². The van der Waals surface area contributed by atoms with Crippen LogP contribution in [0.4, 0.5) is 5.13 Å². The van der Waals surface area contributed by atoms with Gasteiger partial charge in [0.1, 0.15) is 5.51 Å². The molecule has 0 aliphatic carbocycles. The van der Waals surface area contributed by atoms with Crippen LogP contribution in [0.2, 0.25) is 0 Å². The fourth-order valence-corrected chi connectivity index (χ4v) is 5.96. The van der Waals surface area contributed by atoms with Crippen molar-refractivity contribution < 1.29 is 14.3 Å². The smallest absolute Gasteiger partial charge is 0.261 e. The highest BCUT2D eigenvalue weighted by Gasteiger charge is 2.42. The Bertz CT molecular complexity index is 809. The summed E-state index contributed by atoms with van der Waals surface area (Å²) >= 11 is 3.20. The number of amides is 1. The molecule has 5 rings (SSSR count). The normalized spacial score (nSPS) is 24.1.